The molecule has 0 atom stereocenters. The van der Waals surface area contributed by atoms with Gasteiger partial charge in [-0.1, -0.05) is 13.8 Å². The zero-order valence-corrected chi connectivity index (χ0v) is 8.33. The average Bonchev–Trinajstić information content (AvgIpc) is 2.02. The van der Waals surface area contributed by atoms with Crippen molar-refractivity contribution in [2.45, 2.75) is 26.2 Å². The molecule has 0 spiro atoms. The summed E-state index contributed by atoms with van der Waals surface area (Å²) >= 11 is 0. The largest absolute Gasteiger partial charge is 0.384 e. The third kappa shape index (κ3) is 2.15. The van der Waals surface area contributed by atoms with E-state index in [2.05, 4.69) is 9.97 Å². The molecule has 4 N–H and O–H groups in total. The van der Waals surface area contributed by atoms with Crippen LogP contribution in [0, 0.1) is 6.92 Å². The molecule has 1 aromatic heterocycles. The van der Waals surface area contributed by atoms with Crippen LogP contribution in [0.5, 0.6) is 0 Å². The van der Waals surface area contributed by atoms with Crippen molar-refractivity contribution >= 4 is 5.82 Å². The molecule has 0 aromatic carbocycles. The number of anilines is 1. The van der Waals surface area contributed by atoms with Gasteiger partial charge in [0.2, 0.25) is 0 Å². The van der Waals surface area contributed by atoms with Crippen molar-refractivity contribution in [2.24, 2.45) is 5.73 Å². The predicted molar refractivity (Wildman–Crippen MR) is 53.3 cm³/mol. The minimum atomic E-state index is -0.137. The van der Waals surface area contributed by atoms with Crippen LogP contribution < -0.4 is 11.5 Å². The molecule has 0 aliphatic carbocycles. The van der Waals surface area contributed by atoms with E-state index in [1.54, 1.807) is 6.07 Å². The third-order valence-electron chi connectivity index (χ3n) is 2.06. The van der Waals surface area contributed by atoms with Crippen molar-refractivity contribution in [3.63, 3.8) is 0 Å². The smallest absolute Gasteiger partial charge is 0.127 e. The van der Waals surface area contributed by atoms with Crippen molar-refractivity contribution in [1.82, 2.24) is 9.97 Å². The van der Waals surface area contributed by atoms with E-state index in [1.165, 1.54) is 0 Å². The van der Waals surface area contributed by atoms with Gasteiger partial charge in [0, 0.05) is 18.0 Å². The van der Waals surface area contributed by atoms with Crippen LogP contribution in [0.25, 0.3) is 0 Å². The van der Waals surface area contributed by atoms with Gasteiger partial charge in [0.1, 0.15) is 11.6 Å². The first-order valence-corrected chi connectivity index (χ1v) is 4.27. The number of hydrogen-bond acceptors (Lipinski definition) is 4. The molecule has 0 saturated carbocycles. The number of aryl methyl sites for hydroxylation is 1. The van der Waals surface area contributed by atoms with E-state index in [0.29, 0.717) is 18.2 Å². The highest BCUT2D eigenvalue weighted by molar-refractivity contribution is 5.32. The second-order valence-corrected chi connectivity index (χ2v) is 3.81. The average molecular weight is 180 g/mol. The summed E-state index contributed by atoms with van der Waals surface area (Å²) in [6.45, 7) is 6.44. The molecule has 1 heterocycles. The molecule has 0 radical (unpaired) electrons. The summed E-state index contributed by atoms with van der Waals surface area (Å²) in [5.74, 6) is 1.19. The van der Waals surface area contributed by atoms with Gasteiger partial charge in [0.05, 0.1) is 5.69 Å². The minimum Gasteiger partial charge on any atom is -0.384 e. The second kappa shape index (κ2) is 3.30. The van der Waals surface area contributed by atoms with E-state index < -0.39 is 0 Å². The van der Waals surface area contributed by atoms with E-state index in [4.69, 9.17) is 11.5 Å². The van der Waals surface area contributed by atoms with Crippen molar-refractivity contribution in [1.29, 1.82) is 0 Å². The van der Waals surface area contributed by atoms with E-state index in [-0.39, 0.29) is 5.41 Å². The topological polar surface area (TPSA) is 77.8 Å². The summed E-state index contributed by atoms with van der Waals surface area (Å²) in [5, 5.41) is 0. The van der Waals surface area contributed by atoms with Gasteiger partial charge in [0.25, 0.3) is 0 Å². The van der Waals surface area contributed by atoms with Gasteiger partial charge in [0.15, 0.2) is 0 Å². The van der Waals surface area contributed by atoms with E-state index in [1.807, 2.05) is 20.8 Å². The molecule has 0 aliphatic rings. The molecule has 0 saturated heterocycles. The molecule has 4 heteroatoms. The van der Waals surface area contributed by atoms with Crippen LogP contribution in [0.15, 0.2) is 6.07 Å². The summed E-state index contributed by atoms with van der Waals surface area (Å²) in [6.07, 6.45) is 0. The zero-order valence-electron chi connectivity index (χ0n) is 8.33. The van der Waals surface area contributed by atoms with Crippen LogP contribution in [0.4, 0.5) is 5.82 Å². The monoisotopic (exact) mass is 180 g/mol. The van der Waals surface area contributed by atoms with Crippen molar-refractivity contribution in [3.05, 3.63) is 17.6 Å². The molecule has 0 unspecified atom stereocenters. The maximum atomic E-state index is 5.64. The molecular weight excluding hydrogens is 164 g/mol. The van der Waals surface area contributed by atoms with Crippen LogP contribution >= 0.6 is 0 Å². The van der Waals surface area contributed by atoms with Crippen LogP contribution in [-0.2, 0) is 5.41 Å². The lowest BCUT2D eigenvalue weighted by atomic mass is 9.89. The number of nitrogens with zero attached hydrogens (tertiary/aromatic N) is 2. The summed E-state index contributed by atoms with van der Waals surface area (Å²) < 4.78 is 0. The Morgan fingerprint density at radius 2 is 2.00 bits per heavy atom. The standard InChI is InChI=1S/C9H16N4/c1-6-12-7(4-8(11)13-6)9(2,3)5-10/h4H,5,10H2,1-3H3,(H2,11,12,13). The van der Waals surface area contributed by atoms with Gasteiger partial charge in [-0.05, 0) is 6.92 Å². The molecule has 1 aromatic rings. The van der Waals surface area contributed by atoms with Gasteiger partial charge < -0.3 is 11.5 Å². The highest BCUT2D eigenvalue weighted by Gasteiger charge is 2.20. The van der Waals surface area contributed by atoms with E-state index in [9.17, 15) is 0 Å². The Bertz CT molecular complexity index is 286. The maximum Gasteiger partial charge on any atom is 0.127 e. The van der Waals surface area contributed by atoms with Crippen LogP contribution in [0.3, 0.4) is 0 Å². The molecule has 0 bridgehead atoms. The summed E-state index contributed by atoms with van der Waals surface area (Å²) in [7, 11) is 0. The van der Waals surface area contributed by atoms with E-state index in [0.717, 1.165) is 5.69 Å². The SMILES string of the molecule is Cc1nc(N)cc(C(C)(C)CN)n1. The Balaban J connectivity index is 3.15. The van der Waals surface area contributed by atoms with Gasteiger partial charge in [-0.25, -0.2) is 9.97 Å². The van der Waals surface area contributed by atoms with Crippen molar-refractivity contribution in [2.75, 3.05) is 12.3 Å². The van der Waals surface area contributed by atoms with Crippen molar-refractivity contribution < 1.29 is 0 Å². The molecule has 0 amide bonds. The lowest BCUT2D eigenvalue weighted by Crippen LogP contribution is -2.29. The first-order chi connectivity index (χ1) is 5.95. The Labute approximate surface area is 78.4 Å². The van der Waals surface area contributed by atoms with Gasteiger partial charge in [-0.15, -0.1) is 0 Å². The quantitative estimate of drug-likeness (QED) is 0.698. The summed E-state index contributed by atoms with van der Waals surface area (Å²) in [5.41, 5.74) is 12.0. The number of hydrogen-bond donors (Lipinski definition) is 2. The Morgan fingerprint density at radius 1 is 1.38 bits per heavy atom. The summed E-state index contributed by atoms with van der Waals surface area (Å²) in [4.78, 5) is 8.31. The van der Waals surface area contributed by atoms with Gasteiger partial charge in [-0.3, -0.25) is 0 Å². The number of nitrogens with two attached hydrogens (primary N) is 2. The Hall–Kier alpha value is -1.16. The molecule has 72 valence electrons. The first-order valence-electron chi connectivity index (χ1n) is 4.27. The lowest BCUT2D eigenvalue weighted by molar-refractivity contribution is 0.519. The fourth-order valence-electron chi connectivity index (χ4n) is 1.04. The number of nitrogen functional groups attached to an aromatic ring is 1. The Kier molecular flexibility index (Phi) is 2.52. The first kappa shape index (κ1) is 9.92. The fraction of sp³-hybridized carbons (Fsp3) is 0.556. The van der Waals surface area contributed by atoms with E-state index >= 15 is 0 Å². The number of aromatic nitrogens is 2. The van der Waals surface area contributed by atoms with Crippen LogP contribution in [0.1, 0.15) is 25.4 Å². The number of rotatable bonds is 2. The molecule has 13 heavy (non-hydrogen) atoms. The van der Waals surface area contributed by atoms with Crippen LogP contribution in [0.2, 0.25) is 0 Å². The lowest BCUT2D eigenvalue weighted by Gasteiger charge is -2.21. The van der Waals surface area contributed by atoms with Crippen LogP contribution in [-0.4, -0.2) is 16.5 Å². The molecular formula is C9H16N4. The van der Waals surface area contributed by atoms with Gasteiger partial charge >= 0.3 is 0 Å². The van der Waals surface area contributed by atoms with Gasteiger partial charge in [-0.2, -0.15) is 0 Å². The third-order valence-corrected chi connectivity index (χ3v) is 2.06. The zero-order chi connectivity index (χ0) is 10.1. The highest BCUT2D eigenvalue weighted by atomic mass is 14.9. The second-order valence-electron chi connectivity index (χ2n) is 3.81. The maximum absolute atomic E-state index is 5.64. The molecule has 1 rings (SSSR count). The van der Waals surface area contributed by atoms with Crippen molar-refractivity contribution in [3.8, 4) is 0 Å². The fourth-order valence-corrected chi connectivity index (χ4v) is 1.04. The predicted octanol–water partition coefficient (Wildman–Crippen LogP) is 0.604. The highest BCUT2D eigenvalue weighted by Crippen LogP contribution is 2.20. The minimum absolute atomic E-state index is 0.137. The normalized spacial score (nSPS) is 11.7. The molecule has 0 aliphatic heterocycles. The molecule has 0 fully saturated rings. The Morgan fingerprint density at radius 3 is 2.46 bits per heavy atom. The summed E-state index contributed by atoms with van der Waals surface area (Å²) in [6, 6.07) is 1.78. The molecule has 4 nitrogen and oxygen atoms in total.